The summed E-state index contributed by atoms with van der Waals surface area (Å²) in [5, 5.41) is 3.47. The average molecular weight is 220 g/mol. The third kappa shape index (κ3) is 1.91. The third-order valence-electron chi connectivity index (χ3n) is 3.35. The topological polar surface area (TPSA) is 24.9 Å². The van der Waals surface area contributed by atoms with Gasteiger partial charge in [0.05, 0.1) is 5.69 Å². The third-order valence-corrected chi connectivity index (χ3v) is 4.34. The van der Waals surface area contributed by atoms with Crippen LogP contribution in [0.25, 0.3) is 0 Å². The largest absolute Gasteiger partial charge is 0.316 e. The molecule has 2 aliphatic rings. The number of piperidine rings is 1. The fourth-order valence-corrected chi connectivity index (χ4v) is 3.45. The van der Waals surface area contributed by atoms with Crippen molar-refractivity contribution < 1.29 is 0 Å². The molecule has 1 unspecified atom stereocenters. The zero-order valence-corrected chi connectivity index (χ0v) is 9.65. The van der Waals surface area contributed by atoms with Crippen molar-refractivity contribution in [3.63, 3.8) is 0 Å². The maximum atomic E-state index is 4.59. The summed E-state index contributed by atoms with van der Waals surface area (Å²) in [6.45, 7) is 2.32. The van der Waals surface area contributed by atoms with Crippen LogP contribution >= 0.6 is 11.8 Å². The Hall–Kier alpha value is -0.540. The fourth-order valence-electron chi connectivity index (χ4n) is 2.43. The van der Waals surface area contributed by atoms with Crippen LogP contribution in [0.4, 0.5) is 0 Å². The normalized spacial score (nSPS) is 25.2. The van der Waals surface area contributed by atoms with Gasteiger partial charge >= 0.3 is 0 Å². The molecular weight excluding hydrogens is 204 g/mol. The molecule has 0 spiro atoms. The summed E-state index contributed by atoms with van der Waals surface area (Å²) < 4.78 is 0. The Morgan fingerprint density at radius 1 is 1.40 bits per heavy atom. The molecule has 1 atom stereocenters. The van der Waals surface area contributed by atoms with Gasteiger partial charge in [-0.2, -0.15) is 11.8 Å². The average Bonchev–Trinajstić information content (AvgIpc) is 2.77. The predicted molar refractivity (Wildman–Crippen MR) is 64.1 cm³/mol. The first-order valence-electron chi connectivity index (χ1n) is 5.69. The molecule has 15 heavy (non-hydrogen) atoms. The predicted octanol–water partition coefficient (Wildman–Crippen LogP) is 2.30. The second-order valence-corrected chi connectivity index (χ2v) is 5.40. The van der Waals surface area contributed by atoms with Crippen LogP contribution in [0.3, 0.4) is 0 Å². The molecule has 1 aromatic heterocycles. The Balaban J connectivity index is 1.85. The molecule has 3 rings (SSSR count). The van der Waals surface area contributed by atoms with E-state index in [4.69, 9.17) is 0 Å². The van der Waals surface area contributed by atoms with E-state index in [1.807, 2.05) is 11.8 Å². The van der Waals surface area contributed by atoms with Crippen LogP contribution < -0.4 is 5.32 Å². The lowest BCUT2D eigenvalue weighted by atomic mass is 9.92. The van der Waals surface area contributed by atoms with Gasteiger partial charge in [-0.05, 0) is 36.4 Å². The van der Waals surface area contributed by atoms with Crippen molar-refractivity contribution >= 4 is 11.8 Å². The van der Waals surface area contributed by atoms with Gasteiger partial charge in [0.15, 0.2) is 0 Å². The molecule has 1 N–H and O–H groups in total. The highest BCUT2D eigenvalue weighted by atomic mass is 32.2. The van der Waals surface area contributed by atoms with E-state index in [2.05, 4.69) is 22.6 Å². The molecule has 80 valence electrons. The number of pyridine rings is 1. The van der Waals surface area contributed by atoms with E-state index in [1.54, 1.807) is 0 Å². The Morgan fingerprint density at radius 2 is 2.40 bits per heavy atom. The van der Waals surface area contributed by atoms with E-state index in [9.17, 15) is 0 Å². The lowest BCUT2D eigenvalue weighted by Gasteiger charge is -2.23. The lowest BCUT2D eigenvalue weighted by molar-refractivity contribution is 0.460. The fraction of sp³-hybridized carbons (Fsp3) is 0.583. The number of aromatic nitrogens is 1. The van der Waals surface area contributed by atoms with E-state index in [0.29, 0.717) is 5.92 Å². The molecule has 3 heteroatoms. The highest BCUT2D eigenvalue weighted by molar-refractivity contribution is 7.98. The molecule has 1 fully saturated rings. The number of nitrogens with zero attached hydrogens (tertiary/aromatic N) is 1. The Bertz CT molecular complexity index is 359. The van der Waals surface area contributed by atoms with E-state index in [0.717, 1.165) is 18.1 Å². The van der Waals surface area contributed by atoms with Gasteiger partial charge in [0.25, 0.3) is 0 Å². The minimum atomic E-state index is 0.696. The summed E-state index contributed by atoms with van der Waals surface area (Å²) in [5.74, 6) is 2.97. The minimum absolute atomic E-state index is 0.696. The molecular formula is C12H16N2S. The second-order valence-electron chi connectivity index (χ2n) is 4.41. The Labute approximate surface area is 94.9 Å². The molecule has 0 amide bonds. The first-order valence-corrected chi connectivity index (χ1v) is 6.85. The molecule has 2 nitrogen and oxygen atoms in total. The summed E-state index contributed by atoms with van der Waals surface area (Å²) in [4.78, 5) is 4.59. The van der Waals surface area contributed by atoms with E-state index < -0.39 is 0 Å². The number of nitrogens with one attached hydrogen (secondary N) is 1. The highest BCUT2D eigenvalue weighted by Gasteiger charge is 2.18. The van der Waals surface area contributed by atoms with Crippen molar-refractivity contribution in [2.24, 2.45) is 0 Å². The summed E-state index contributed by atoms with van der Waals surface area (Å²) in [7, 11) is 0. The van der Waals surface area contributed by atoms with Gasteiger partial charge in [-0.25, -0.2) is 0 Å². The summed E-state index contributed by atoms with van der Waals surface area (Å²) in [6, 6.07) is 2.39. The van der Waals surface area contributed by atoms with Gasteiger partial charge in [-0.15, -0.1) is 0 Å². The van der Waals surface area contributed by atoms with Gasteiger partial charge in [-0.3, -0.25) is 4.98 Å². The molecule has 0 saturated carbocycles. The van der Waals surface area contributed by atoms with E-state index in [-0.39, 0.29) is 0 Å². The van der Waals surface area contributed by atoms with Crippen LogP contribution in [-0.2, 0) is 11.5 Å². The van der Waals surface area contributed by atoms with E-state index >= 15 is 0 Å². The number of rotatable bonds is 1. The van der Waals surface area contributed by atoms with Crippen molar-refractivity contribution in [1.82, 2.24) is 10.3 Å². The monoisotopic (exact) mass is 220 g/mol. The smallest absolute Gasteiger partial charge is 0.0543 e. The molecule has 1 saturated heterocycles. The number of thioether (sulfide) groups is 1. The maximum Gasteiger partial charge on any atom is 0.0543 e. The molecule has 0 aliphatic carbocycles. The van der Waals surface area contributed by atoms with E-state index in [1.165, 1.54) is 36.2 Å². The van der Waals surface area contributed by atoms with Gasteiger partial charge in [-0.1, -0.05) is 6.07 Å². The van der Waals surface area contributed by atoms with Gasteiger partial charge in [0.2, 0.25) is 0 Å². The van der Waals surface area contributed by atoms with Crippen LogP contribution in [0.2, 0.25) is 0 Å². The first-order chi connectivity index (χ1) is 7.43. The summed E-state index contributed by atoms with van der Waals surface area (Å²) in [5.41, 5.74) is 4.24. The van der Waals surface area contributed by atoms with Crippen LogP contribution in [-0.4, -0.2) is 18.1 Å². The van der Waals surface area contributed by atoms with Crippen molar-refractivity contribution in [2.45, 2.75) is 30.3 Å². The molecule has 0 aromatic carbocycles. The van der Waals surface area contributed by atoms with Gasteiger partial charge < -0.3 is 5.32 Å². The highest BCUT2D eigenvalue weighted by Crippen LogP contribution is 2.31. The molecule has 0 bridgehead atoms. The molecule has 0 radical (unpaired) electrons. The van der Waals surface area contributed by atoms with Crippen LogP contribution in [0, 0.1) is 0 Å². The zero-order chi connectivity index (χ0) is 10.1. The summed E-state index contributed by atoms with van der Waals surface area (Å²) in [6.07, 6.45) is 4.72. The van der Waals surface area contributed by atoms with Crippen LogP contribution in [0.1, 0.15) is 35.6 Å². The SMILES string of the molecule is c1nc2c(cc1C1CCCNC1)CSC2. The number of hydrogen-bond donors (Lipinski definition) is 1. The van der Waals surface area contributed by atoms with Crippen molar-refractivity contribution in [3.8, 4) is 0 Å². The maximum absolute atomic E-state index is 4.59. The first kappa shape index (κ1) is 9.67. The van der Waals surface area contributed by atoms with Crippen molar-refractivity contribution in [1.29, 1.82) is 0 Å². The zero-order valence-electron chi connectivity index (χ0n) is 8.83. The molecule has 3 heterocycles. The molecule has 2 aliphatic heterocycles. The van der Waals surface area contributed by atoms with Gasteiger partial charge in [0.1, 0.15) is 0 Å². The quantitative estimate of drug-likeness (QED) is 0.786. The van der Waals surface area contributed by atoms with Crippen molar-refractivity contribution in [3.05, 3.63) is 29.1 Å². The standard InChI is InChI=1S/C12H16N2S/c1-2-9(5-13-3-1)10-4-11-7-15-8-12(11)14-6-10/h4,6,9,13H,1-3,5,7-8H2. The lowest BCUT2D eigenvalue weighted by Crippen LogP contribution is -2.28. The molecule has 1 aromatic rings. The van der Waals surface area contributed by atoms with Crippen LogP contribution in [0.5, 0.6) is 0 Å². The number of fused-ring (bicyclic) bond motifs is 1. The number of hydrogen-bond acceptors (Lipinski definition) is 3. The van der Waals surface area contributed by atoms with Gasteiger partial charge in [0, 0.05) is 24.2 Å². The minimum Gasteiger partial charge on any atom is -0.316 e. The second kappa shape index (κ2) is 4.14. The summed E-state index contributed by atoms with van der Waals surface area (Å²) >= 11 is 1.98. The Kier molecular flexibility index (Phi) is 2.67. The van der Waals surface area contributed by atoms with Crippen molar-refractivity contribution in [2.75, 3.05) is 13.1 Å². The van der Waals surface area contributed by atoms with Crippen LogP contribution in [0.15, 0.2) is 12.3 Å². The Morgan fingerprint density at radius 3 is 3.27 bits per heavy atom.